The third-order valence-corrected chi connectivity index (χ3v) is 3.08. The molecule has 1 unspecified atom stereocenters. The molecule has 1 saturated carbocycles. The first-order valence-corrected chi connectivity index (χ1v) is 5.96. The van der Waals surface area contributed by atoms with Gasteiger partial charge in [0.1, 0.15) is 0 Å². The van der Waals surface area contributed by atoms with Crippen molar-refractivity contribution >= 4 is 0 Å². The van der Waals surface area contributed by atoms with Crippen molar-refractivity contribution in [1.82, 2.24) is 10.6 Å². The summed E-state index contributed by atoms with van der Waals surface area (Å²) in [5, 5.41) is 7.06. The molecule has 0 amide bonds. The molecule has 0 bridgehead atoms. The highest BCUT2D eigenvalue weighted by Gasteiger charge is 2.30. The molecule has 0 aromatic rings. The summed E-state index contributed by atoms with van der Waals surface area (Å²) in [5.74, 6) is 0. The first-order valence-electron chi connectivity index (χ1n) is 5.96. The van der Waals surface area contributed by atoms with Crippen molar-refractivity contribution in [3.8, 4) is 0 Å². The lowest BCUT2D eigenvalue weighted by Crippen LogP contribution is -2.36. The molecule has 0 aromatic carbocycles. The summed E-state index contributed by atoms with van der Waals surface area (Å²) < 4.78 is 0. The predicted octanol–water partition coefficient (Wildman–Crippen LogP) is 2.15. The van der Waals surface area contributed by atoms with Crippen molar-refractivity contribution in [2.75, 3.05) is 13.1 Å². The van der Waals surface area contributed by atoms with Crippen LogP contribution in [0.15, 0.2) is 0 Å². The molecule has 2 nitrogen and oxygen atoms in total. The molecule has 1 aliphatic rings. The van der Waals surface area contributed by atoms with Crippen molar-refractivity contribution < 1.29 is 0 Å². The van der Waals surface area contributed by atoms with Crippen molar-refractivity contribution in [3.63, 3.8) is 0 Å². The van der Waals surface area contributed by atoms with E-state index in [1.165, 1.54) is 19.3 Å². The summed E-state index contributed by atoms with van der Waals surface area (Å²) in [6.45, 7) is 11.3. The Bertz CT molecular complexity index is 164. The Balaban J connectivity index is 2.03. The minimum Gasteiger partial charge on any atom is -0.313 e. The minimum atomic E-state index is 0.573. The van der Waals surface area contributed by atoms with Gasteiger partial charge in [-0.3, -0.25) is 0 Å². The van der Waals surface area contributed by atoms with Gasteiger partial charge >= 0.3 is 0 Å². The Morgan fingerprint density at radius 1 is 1.29 bits per heavy atom. The van der Waals surface area contributed by atoms with Crippen LogP contribution in [0.4, 0.5) is 0 Å². The van der Waals surface area contributed by atoms with E-state index in [-0.39, 0.29) is 0 Å². The summed E-state index contributed by atoms with van der Waals surface area (Å²) in [4.78, 5) is 0. The lowest BCUT2D eigenvalue weighted by atomic mass is 9.92. The van der Waals surface area contributed by atoms with Crippen LogP contribution in [0.1, 0.15) is 47.0 Å². The topological polar surface area (TPSA) is 24.1 Å². The molecule has 0 saturated heterocycles. The fourth-order valence-corrected chi connectivity index (χ4v) is 2.25. The SMILES string of the molecule is CC(C)NCCNC1CCC(C)(C)C1. The average Bonchev–Trinajstić information content (AvgIpc) is 2.39. The molecule has 1 aliphatic carbocycles. The number of hydrogen-bond donors (Lipinski definition) is 2. The third kappa shape index (κ3) is 4.43. The van der Waals surface area contributed by atoms with E-state index < -0.39 is 0 Å². The van der Waals surface area contributed by atoms with E-state index >= 15 is 0 Å². The van der Waals surface area contributed by atoms with Crippen LogP contribution in [0.5, 0.6) is 0 Å². The van der Waals surface area contributed by atoms with Gasteiger partial charge in [0.05, 0.1) is 0 Å². The summed E-state index contributed by atoms with van der Waals surface area (Å²) >= 11 is 0. The fourth-order valence-electron chi connectivity index (χ4n) is 2.25. The molecule has 2 heteroatoms. The summed E-state index contributed by atoms with van der Waals surface area (Å²) in [5.41, 5.74) is 0.573. The summed E-state index contributed by atoms with van der Waals surface area (Å²) in [6, 6.07) is 1.37. The maximum Gasteiger partial charge on any atom is 0.00794 e. The average molecular weight is 198 g/mol. The van der Waals surface area contributed by atoms with Gasteiger partial charge in [-0.1, -0.05) is 27.7 Å². The van der Waals surface area contributed by atoms with Crippen LogP contribution in [-0.4, -0.2) is 25.2 Å². The molecule has 0 aromatic heterocycles. The zero-order valence-corrected chi connectivity index (χ0v) is 10.2. The molecule has 0 radical (unpaired) electrons. The van der Waals surface area contributed by atoms with Crippen molar-refractivity contribution in [2.24, 2.45) is 5.41 Å². The van der Waals surface area contributed by atoms with Gasteiger partial charge in [-0.15, -0.1) is 0 Å². The van der Waals surface area contributed by atoms with Crippen LogP contribution >= 0.6 is 0 Å². The fraction of sp³-hybridized carbons (Fsp3) is 1.00. The monoisotopic (exact) mass is 198 g/mol. The predicted molar refractivity (Wildman–Crippen MR) is 62.6 cm³/mol. The van der Waals surface area contributed by atoms with Crippen molar-refractivity contribution in [2.45, 2.75) is 59.0 Å². The third-order valence-electron chi connectivity index (χ3n) is 3.08. The largest absolute Gasteiger partial charge is 0.313 e. The molecule has 1 fully saturated rings. The Labute approximate surface area is 88.8 Å². The van der Waals surface area contributed by atoms with Crippen LogP contribution in [0, 0.1) is 5.41 Å². The molecule has 1 rings (SSSR count). The molecule has 0 spiro atoms. The van der Waals surface area contributed by atoms with Crippen LogP contribution in [-0.2, 0) is 0 Å². The van der Waals surface area contributed by atoms with Crippen molar-refractivity contribution in [1.29, 1.82) is 0 Å². The van der Waals surface area contributed by atoms with Crippen LogP contribution < -0.4 is 10.6 Å². The lowest BCUT2D eigenvalue weighted by molar-refractivity contribution is 0.364. The van der Waals surface area contributed by atoms with E-state index in [1.807, 2.05) is 0 Å². The molecule has 1 atom stereocenters. The molecular weight excluding hydrogens is 172 g/mol. The molecule has 84 valence electrons. The zero-order valence-electron chi connectivity index (χ0n) is 10.2. The van der Waals surface area contributed by atoms with Gasteiger partial charge in [-0.05, 0) is 24.7 Å². The Hall–Kier alpha value is -0.0800. The first kappa shape index (κ1) is 12.0. The maximum absolute atomic E-state index is 3.63. The van der Waals surface area contributed by atoms with Gasteiger partial charge < -0.3 is 10.6 Å². The molecular formula is C12H26N2. The number of rotatable bonds is 5. The Morgan fingerprint density at radius 3 is 2.50 bits per heavy atom. The van der Waals surface area contributed by atoms with Crippen LogP contribution in [0.25, 0.3) is 0 Å². The van der Waals surface area contributed by atoms with Crippen LogP contribution in [0.3, 0.4) is 0 Å². The van der Waals surface area contributed by atoms with E-state index in [9.17, 15) is 0 Å². The molecule has 2 N–H and O–H groups in total. The highest BCUT2D eigenvalue weighted by molar-refractivity contribution is 4.86. The maximum atomic E-state index is 3.63. The second-order valence-corrected chi connectivity index (χ2v) is 5.67. The van der Waals surface area contributed by atoms with E-state index in [4.69, 9.17) is 0 Å². The van der Waals surface area contributed by atoms with E-state index in [2.05, 4.69) is 38.3 Å². The minimum absolute atomic E-state index is 0.573. The molecule has 0 aliphatic heterocycles. The zero-order chi connectivity index (χ0) is 10.6. The normalized spacial score (nSPS) is 25.9. The number of nitrogens with one attached hydrogen (secondary N) is 2. The van der Waals surface area contributed by atoms with Gasteiger partial charge in [0, 0.05) is 25.2 Å². The molecule has 0 heterocycles. The smallest absolute Gasteiger partial charge is 0.00794 e. The van der Waals surface area contributed by atoms with Gasteiger partial charge in [0.25, 0.3) is 0 Å². The van der Waals surface area contributed by atoms with Gasteiger partial charge in [-0.2, -0.15) is 0 Å². The highest BCUT2D eigenvalue weighted by atomic mass is 15.0. The van der Waals surface area contributed by atoms with Gasteiger partial charge in [0.15, 0.2) is 0 Å². The Morgan fingerprint density at radius 2 is 2.00 bits per heavy atom. The van der Waals surface area contributed by atoms with Gasteiger partial charge in [0.2, 0.25) is 0 Å². The quantitative estimate of drug-likeness (QED) is 0.662. The van der Waals surface area contributed by atoms with E-state index in [0.717, 1.165) is 19.1 Å². The summed E-state index contributed by atoms with van der Waals surface area (Å²) in [6.07, 6.45) is 4.08. The van der Waals surface area contributed by atoms with E-state index in [0.29, 0.717) is 11.5 Å². The Kier molecular flexibility index (Phi) is 4.39. The van der Waals surface area contributed by atoms with E-state index in [1.54, 1.807) is 0 Å². The summed E-state index contributed by atoms with van der Waals surface area (Å²) in [7, 11) is 0. The lowest BCUT2D eigenvalue weighted by Gasteiger charge is -2.18. The van der Waals surface area contributed by atoms with Crippen molar-refractivity contribution in [3.05, 3.63) is 0 Å². The van der Waals surface area contributed by atoms with Crippen LogP contribution in [0.2, 0.25) is 0 Å². The standard InChI is InChI=1S/C12H26N2/c1-10(2)13-7-8-14-11-5-6-12(3,4)9-11/h10-11,13-14H,5-9H2,1-4H3. The number of hydrogen-bond acceptors (Lipinski definition) is 2. The van der Waals surface area contributed by atoms with Gasteiger partial charge in [-0.25, -0.2) is 0 Å². The first-order chi connectivity index (χ1) is 6.49. The second-order valence-electron chi connectivity index (χ2n) is 5.67. The highest BCUT2D eigenvalue weighted by Crippen LogP contribution is 2.36. The second kappa shape index (κ2) is 5.13. The molecule has 14 heavy (non-hydrogen) atoms.